The summed E-state index contributed by atoms with van der Waals surface area (Å²) in [5.41, 5.74) is -1.99. The molecule has 0 saturated carbocycles. The number of likely N-dealkylation sites (N-methyl/N-ethyl adjacent to an activating group) is 1. The summed E-state index contributed by atoms with van der Waals surface area (Å²) in [4.78, 5) is 47.5. The zero-order valence-corrected chi connectivity index (χ0v) is 23.6. The minimum Gasteiger partial charge on any atom is -0.394 e. The van der Waals surface area contributed by atoms with Crippen molar-refractivity contribution in [1.29, 1.82) is 0 Å². The van der Waals surface area contributed by atoms with Crippen LogP contribution in [0, 0.1) is 23.7 Å². The van der Waals surface area contributed by atoms with Crippen molar-refractivity contribution in [3.05, 3.63) is 25.3 Å². The van der Waals surface area contributed by atoms with Gasteiger partial charge in [-0.3, -0.25) is 14.4 Å². The molecule has 8 nitrogen and oxygen atoms in total. The zero-order chi connectivity index (χ0) is 27.7. The van der Waals surface area contributed by atoms with Gasteiger partial charge in [0.1, 0.15) is 11.6 Å². The van der Waals surface area contributed by atoms with Gasteiger partial charge in [0.25, 0.3) is 0 Å². The molecule has 3 unspecified atom stereocenters. The van der Waals surface area contributed by atoms with Crippen LogP contribution in [0.2, 0.25) is 0 Å². The lowest BCUT2D eigenvalue weighted by atomic mass is 9.62. The van der Waals surface area contributed by atoms with Crippen LogP contribution in [-0.2, 0) is 19.1 Å². The molecule has 3 amide bonds. The molecule has 3 rings (SSSR count). The van der Waals surface area contributed by atoms with Crippen molar-refractivity contribution in [2.45, 2.75) is 83.6 Å². The van der Waals surface area contributed by atoms with Gasteiger partial charge in [-0.2, -0.15) is 0 Å². The highest BCUT2D eigenvalue weighted by molar-refractivity contribution is 5.99. The van der Waals surface area contributed by atoms with Gasteiger partial charge in [-0.05, 0) is 31.6 Å². The second-order valence-electron chi connectivity index (χ2n) is 11.7. The van der Waals surface area contributed by atoms with E-state index in [1.165, 1.54) is 0 Å². The molecule has 0 aromatic heterocycles. The standard InChI is InChI=1S/C29H47N3O5/c1-9-12-13-16-31(15-11-3)27(36)24-29-17-20(6)28(7,37-29)22(25(34)30(8)14-10-2)23(29)26(35)32(24)21(18-33)19(4)5/h10-11,19-24,33H,2-3,9,12-18H2,1,4-8H3/t20?,21-,22+,23-,24?,28-,29?/m0/s1. The highest BCUT2D eigenvalue weighted by atomic mass is 16.5. The van der Waals surface area contributed by atoms with Crippen molar-refractivity contribution in [2.24, 2.45) is 23.7 Å². The lowest BCUT2D eigenvalue weighted by molar-refractivity contribution is -0.158. The number of likely N-dealkylation sites (tertiary alicyclic amines) is 1. The molecule has 0 aromatic rings. The molecule has 208 valence electrons. The van der Waals surface area contributed by atoms with Crippen LogP contribution in [0.3, 0.4) is 0 Å². The monoisotopic (exact) mass is 517 g/mol. The summed E-state index contributed by atoms with van der Waals surface area (Å²) < 4.78 is 6.82. The van der Waals surface area contributed by atoms with Gasteiger partial charge in [0, 0.05) is 26.7 Å². The maximum Gasteiger partial charge on any atom is 0.248 e. The third kappa shape index (κ3) is 4.65. The summed E-state index contributed by atoms with van der Waals surface area (Å²) in [5, 5.41) is 10.4. The molecular weight excluding hydrogens is 470 g/mol. The maximum absolute atomic E-state index is 14.4. The Labute approximate surface area is 222 Å². The Bertz CT molecular complexity index is 906. The first-order valence-corrected chi connectivity index (χ1v) is 13.8. The first-order valence-electron chi connectivity index (χ1n) is 13.8. The number of carbonyl (C=O) groups excluding carboxylic acids is 3. The maximum atomic E-state index is 14.4. The Kier molecular flexibility index (Phi) is 8.95. The Balaban J connectivity index is 2.15. The van der Waals surface area contributed by atoms with E-state index in [0.29, 0.717) is 26.1 Å². The fourth-order valence-corrected chi connectivity index (χ4v) is 7.00. The summed E-state index contributed by atoms with van der Waals surface area (Å²) in [6, 6.07) is -1.46. The number of hydrogen-bond acceptors (Lipinski definition) is 5. The molecule has 1 spiro atoms. The molecule has 7 atom stereocenters. The molecule has 3 saturated heterocycles. The summed E-state index contributed by atoms with van der Waals surface area (Å²) in [5.74, 6) is -2.23. The predicted octanol–water partition coefficient (Wildman–Crippen LogP) is 2.86. The fourth-order valence-electron chi connectivity index (χ4n) is 7.00. The second kappa shape index (κ2) is 11.3. The SMILES string of the molecule is C=CCN(C)C(=O)[C@H]1[C@H]2C(=O)N([C@@H](CO)C(C)C)C(C(=O)N(CC=C)CCCCC)C23CC(C)[C@]1(C)O3. The van der Waals surface area contributed by atoms with Crippen molar-refractivity contribution in [3.8, 4) is 0 Å². The van der Waals surface area contributed by atoms with Gasteiger partial charge in [0.2, 0.25) is 17.7 Å². The Morgan fingerprint density at radius 1 is 1.22 bits per heavy atom. The molecular formula is C29H47N3O5. The van der Waals surface area contributed by atoms with E-state index in [-0.39, 0.29) is 36.2 Å². The number of ether oxygens (including phenoxy) is 1. The lowest BCUT2D eigenvalue weighted by Gasteiger charge is -2.40. The second-order valence-corrected chi connectivity index (χ2v) is 11.7. The van der Waals surface area contributed by atoms with E-state index in [1.807, 2.05) is 27.7 Å². The number of aliphatic hydroxyl groups is 1. The van der Waals surface area contributed by atoms with Crippen LogP contribution in [0.15, 0.2) is 25.3 Å². The Hall–Kier alpha value is -2.19. The van der Waals surface area contributed by atoms with E-state index in [2.05, 4.69) is 20.1 Å². The number of carbonyl (C=O) groups is 3. The zero-order valence-electron chi connectivity index (χ0n) is 23.6. The molecule has 0 aliphatic carbocycles. The van der Waals surface area contributed by atoms with Crippen molar-refractivity contribution < 1.29 is 24.2 Å². The van der Waals surface area contributed by atoms with Crippen molar-refractivity contribution >= 4 is 17.7 Å². The highest BCUT2D eigenvalue weighted by Gasteiger charge is 2.80. The quantitative estimate of drug-likeness (QED) is 0.300. The minimum atomic E-state index is -1.12. The van der Waals surface area contributed by atoms with Gasteiger partial charge >= 0.3 is 0 Å². The number of rotatable bonds is 13. The minimum absolute atomic E-state index is 0.0301. The Morgan fingerprint density at radius 2 is 1.86 bits per heavy atom. The van der Waals surface area contributed by atoms with E-state index in [1.54, 1.807) is 33.9 Å². The summed E-state index contributed by atoms with van der Waals surface area (Å²) in [7, 11) is 1.71. The summed E-state index contributed by atoms with van der Waals surface area (Å²) in [6.07, 6.45) is 6.74. The van der Waals surface area contributed by atoms with E-state index in [0.717, 1.165) is 19.3 Å². The van der Waals surface area contributed by atoms with Crippen LogP contribution in [0.5, 0.6) is 0 Å². The van der Waals surface area contributed by atoms with Crippen LogP contribution in [0.1, 0.15) is 60.3 Å². The molecule has 0 radical (unpaired) electrons. The van der Waals surface area contributed by atoms with Gasteiger partial charge in [-0.15, -0.1) is 13.2 Å². The normalized spacial score (nSPS) is 33.0. The number of amides is 3. The van der Waals surface area contributed by atoms with E-state index < -0.39 is 35.1 Å². The van der Waals surface area contributed by atoms with E-state index >= 15 is 0 Å². The van der Waals surface area contributed by atoms with Gasteiger partial charge in [-0.25, -0.2) is 0 Å². The molecule has 0 aromatic carbocycles. The molecule has 3 aliphatic heterocycles. The predicted molar refractivity (Wildman–Crippen MR) is 143 cm³/mol. The van der Waals surface area contributed by atoms with Gasteiger partial charge in [0.15, 0.2) is 0 Å². The van der Waals surface area contributed by atoms with Gasteiger partial charge < -0.3 is 24.5 Å². The average molecular weight is 518 g/mol. The first-order chi connectivity index (χ1) is 17.5. The third-order valence-corrected chi connectivity index (χ3v) is 9.04. The largest absolute Gasteiger partial charge is 0.394 e. The number of fused-ring (bicyclic) bond motifs is 1. The van der Waals surface area contributed by atoms with E-state index in [4.69, 9.17) is 4.74 Å². The number of unbranched alkanes of at least 4 members (excludes halogenated alkanes) is 2. The smallest absolute Gasteiger partial charge is 0.248 e. The van der Waals surface area contributed by atoms with Crippen LogP contribution < -0.4 is 0 Å². The lowest BCUT2D eigenvalue weighted by Crippen LogP contribution is -2.60. The molecule has 2 bridgehead atoms. The van der Waals surface area contributed by atoms with E-state index in [9.17, 15) is 19.5 Å². The van der Waals surface area contributed by atoms with Crippen LogP contribution in [-0.4, -0.2) is 94.1 Å². The van der Waals surface area contributed by atoms with Crippen molar-refractivity contribution in [3.63, 3.8) is 0 Å². The highest BCUT2D eigenvalue weighted by Crippen LogP contribution is 2.65. The van der Waals surface area contributed by atoms with Crippen LogP contribution >= 0.6 is 0 Å². The van der Waals surface area contributed by atoms with Crippen LogP contribution in [0.4, 0.5) is 0 Å². The van der Waals surface area contributed by atoms with Gasteiger partial charge in [0.05, 0.1) is 30.1 Å². The van der Waals surface area contributed by atoms with Crippen molar-refractivity contribution in [2.75, 3.05) is 33.3 Å². The molecule has 3 heterocycles. The molecule has 3 fully saturated rings. The summed E-state index contributed by atoms with van der Waals surface area (Å²) >= 11 is 0. The molecule has 3 aliphatic rings. The molecule has 1 N–H and O–H groups in total. The molecule has 8 heteroatoms. The fraction of sp³-hybridized carbons (Fsp3) is 0.759. The average Bonchev–Trinajstić information content (AvgIpc) is 3.35. The summed E-state index contributed by atoms with van der Waals surface area (Å²) in [6.45, 7) is 18.6. The van der Waals surface area contributed by atoms with Crippen molar-refractivity contribution in [1.82, 2.24) is 14.7 Å². The number of aliphatic hydroxyl groups excluding tert-OH is 1. The van der Waals surface area contributed by atoms with Gasteiger partial charge in [-0.1, -0.05) is 52.7 Å². The topological polar surface area (TPSA) is 90.4 Å². The number of nitrogens with zero attached hydrogens (tertiary/aromatic N) is 3. The molecule has 37 heavy (non-hydrogen) atoms. The third-order valence-electron chi connectivity index (χ3n) is 9.04. The van der Waals surface area contributed by atoms with Crippen LogP contribution in [0.25, 0.3) is 0 Å². The first kappa shape index (κ1) is 29.4. The number of hydrogen-bond donors (Lipinski definition) is 1. The Morgan fingerprint density at radius 3 is 2.41 bits per heavy atom.